The smallest absolute Gasteiger partial charge is 0.0782 e. The number of hydrogen-bond acceptors (Lipinski definition) is 0. The van der Waals surface area contributed by atoms with Crippen molar-refractivity contribution in [1.82, 2.24) is 0 Å². The number of unbranched alkanes of at least 4 members (excludes halogenated alkanes) is 9. The van der Waals surface area contributed by atoms with Crippen LogP contribution < -0.4 is 0 Å². The largest absolute Gasteiger partial charge is 0.328 e. The molecule has 1 nitrogen and oxygen atoms in total. The molecule has 0 unspecified atom stereocenters. The Morgan fingerprint density at radius 3 is 1.36 bits per heavy atom. The molecular formula is C23H52NSi+. The van der Waals surface area contributed by atoms with Gasteiger partial charge in [-0.3, -0.25) is 0 Å². The van der Waals surface area contributed by atoms with Crippen molar-refractivity contribution >= 4 is 8.07 Å². The fourth-order valence-electron chi connectivity index (χ4n) is 4.30. The van der Waals surface area contributed by atoms with Gasteiger partial charge in [-0.1, -0.05) is 103 Å². The molecule has 0 aromatic heterocycles. The molecule has 0 N–H and O–H groups in total. The standard InChI is InChI=1S/C23H52NSi/c1-7-11-12-13-14-15-16-17-18-19-21-24(5,6)22-20-23-25(8-2,9-3)10-4/h7-23H2,1-6H3/q+1. The third-order valence-electron chi connectivity index (χ3n) is 6.84. The summed E-state index contributed by atoms with van der Waals surface area (Å²) in [7, 11) is 4.03. The van der Waals surface area contributed by atoms with Crippen LogP contribution >= 0.6 is 0 Å². The second kappa shape index (κ2) is 15.3. The van der Waals surface area contributed by atoms with E-state index >= 15 is 0 Å². The highest BCUT2D eigenvalue weighted by Crippen LogP contribution is 2.27. The van der Waals surface area contributed by atoms with Gasteiger partial charge in [0.15, 0.2) is 0 Å². The van der Waals surface area contributed by atoms with E-state index in [1.807, 2.05) is 0 Å². The lowest BCUT2D eigenvalue weighted by Gasteiger charge is -2.33. The third kappa shape index (κ3) is 13.1. The summed E-state index contributed by atoms with van der Waals surface area (Å²) in [5.41, 5.74) is 0. The van der Waals surface area contributed by atoms with Crippen LogP contribution in [0.1, 0.15) is 98.3 Å². The van der Waals surface area contributed by atoms with Crippen LogP contribution in [-0.2, 0) is 0 Å². The van der Waals surface area contributed by atoms with Gasteiger partial charge < -0.3 is 4.48 Å². The fraction of sp³-hybridized carbons (Fsp3) is 1.00. The maximum absolute atomic E-state index is 2.46. The predicted octanol–water partition coefficient (Wildman–Crippen LogP) is 7.88. The molecule has 0 radical (unpaired) electrons. The summed E-state index contributed by atoms with van der Waals surface area (Å²) < 4.78 is 1.25. The highest BCUT2D eigenvalue weighted by molar-refractivity contribution is 6.79. The van der Waals surface area contributed by atoms with Gasteiger partial charge in [-0.15, -0.1) is 0 Å². The Morgan fingerprint density at radius 1 is 0.520 bits per heavy atom. The molecule has 0 saturated heterocycles. The fourth-order valence-corrected chi connectivity index (χ4v) is 7.77. The minimum Gasteiger partial charge on any atom is -0.328 e. The van der Waals surface area contributed by atoms with Crippen molar-refractivity contribution in [2.45, 2.75) is 123 Å². The molecule has 0 fully saturated rings. The molecule has 2 heteroatoms. The Balaban J connectivity index is 3.67. The molecule has 25 heavy (non-hydrogen) atoms. The van der Waals surface area contributed by atoms with Gasteiger partial charge >= 0.3 is 0 Å². The molecule has 0 rings (SSSR count). The average Bonchev–Trinajstić information content (AvgIpc) is 2.60. The summed E-state index contributed by atoms with van der Waals surface area (Å²) in [6, 6.07) is 6.04. The molecule has 0 aliphatic heterocycles. The first-order valence-electron chi connectivity index (χ1n) is 11.8. The Labute approximate surface area is 162 Å². The summed E-state index contributed by atoms with van der Waals surface area (Å²) in [5.74, 6) is 0. The van der Waals surface area contributed by atoms with Gasteiger partial charge in [0.1, 0.15) is 0 Å². The lowest BCUT2D eigenvalue weighted by atomic mass is 10.1. The van der Waals surface area contributed by atoms with Crippen LogP contribution in [0.15, 0.2) is 0 Å². The van der Waals surface area contributed by atoms with E-state index in [0.717, 1.165) is 0 Å². The predicted molar refractivity (Wildman–Crippen MR) is 120 cm³/mol. The van der Waals surface area contributed by atoms with Gasteiger partial charge in [-0.2, -0.15) is 0 Å². The third-order valence-corrected chi connectivity index (χ3v) is 12.8. The molecule has 0 aliphatic rings. The van der Waals surface area contributed by atoms with Crippen LogP contribution in [0.4, 0.5) is 0 Å². The maximum atomic E-state index is 2.46. The monoisotopic (exact) mass is 370 g/mol. The molecule has 0 amide bonds. The van der Waals surface area contributed by atoms with Crippen LogP contribution in [0.3, 0.4) is 0 Å². The van der Waals surface area contributed by atoms with Gasteiger partial charge in [0, 0.05) is 0 Å². The Bertz CT molecular complexity index is 276. The normalized spacial score (nSPS) is 12.7. The van der Waals surface area contributed by atoms with Crippen LogP contribution in [0.25, 0.3) is 0 Å². The zero-order valence-corrected chi connectivity index (χ0v) is 20.0. The summed E-state index contributed by atoms with van der Waals surface area (Å²) in [6.07, 6.45) is 16.0. The van der Waals surface area contributed by atoms with E-state index in [9.17, 15) is 0 Å². The summed E-state index contributed by atoms with van der Waals surface area (Å²) in [4.78, 5) is 0. The van der Waals surface area contributed by atoms with Gasteiger partial charge in [0.25, 0.3) is 0 Å². The SMILES string of the molecule is CCCCCCCCCCCC[N+](C)(C)CCC[Si](CC)(CC)CC. The van der Waals surface area contributed by atoms with Crippen molar-refractivity contribution < 1.29 is 4.48 Å². The summed E-state index contributed by atoms with van der Waals surface area (Å²) >= 11 is 0. The topological polar surface area (TPSA) is 0 Å². The van der Waals surface area contributed by atoms with Gasteiger partial charge in [0.05, 0.1) is 35.3 Å². The Hall–Kier alpha value is 0.177. The van der Waals surface area contributed by atoms with E-state index in [1.165, 1.54) is 106 Å². The summed E-state index contributed by atoms with van der Waals surface area (Å²) in [6.45, 7) is 12.4. The number of quaternary nitrogens is 1. The van der Waals surface area contributed by atoms with Crippen molar-refractivity contribution in [3.63, 3.8) is 0 Å². The van der Waals surface area contributed by atoms with E-state index in [1.54, 1.807) is 6.04 Å². The molecule has 0 saturated carbocycles. The first kappa shape index (κ1) is 25.2. The van der Waals surface area contributed by atoms with Crippen molar-refractivity contribution in [2.24, 2.45) is 0 Å². The van der Waals surface area contributed by atoms with Crippen LogP contribution in [0.5, 0.6) is 0 Å². The zero-order chi connectivity index (χ0) is 19.0. The quantitative estimate of drug-likeness (QED) is 0.131. The van der Waals surface area contributed by atoms with Crippen LogP contribution in [0, 0.1) is 0 Å². The van der Waals surface area contributed by atoms with E-state index in [4.69, 9.17) is 0 Å². The Morgan fingerprint density at radius 2 is 0.920 bits per heavy atom. The molecular weight excluding hydrogens is 318 g/mol. The van der Waals surface area contributed by atoms with Gasteiger partial charge in [0.2, 0.25) is 0 Å². The molecule has 0 aliphatic carbocycles. The zero-order valence-electron chi connectivity index (χ0n) is 19.0. The highest BCUT2D eigenvalue weighted by Gasteiger charge is 2.27. The van der Waals surface area contributed by atoms with E-state index in [2.05, 4.69) is 41.8 Å². The van der Waals surface area contributed by atoms with Gasteiger partial charge in [-0.25, -0.2) is 0 Å². The van der Waals surface area contributed by atoms with Gasteiger partial charge in [-0.05, 0) is 19.3 Å². The molecule has 0 spiro atoms. The number of hydrogen-bond donors (Lipinski definition) is 0. The maximum Gasteiger partial charge on any atom is 0.0782 e. The van der Waals surface area contributed by atoms with Crippen LogP contribution in [0.2, 0.25) is 24.2 Å². The van der Waals surface area contributed by atoms with Crippen molar-refractivity contribution in [3.05, 3.63) is 0 Å². The minimum atomic E-state index is -0.893. The van der Waals surface area contributed by atoms with Crippen molar-refractivity contribution in [2.75, 3.05) is 27.2 Å². The van der Waals surface area contributed by atoms with Crippen molar-refractivity contribution in [1.29, 1.82) is 0 Å². The lowest BCUT2D eigenvalue weighted by Crippen LogP contribution is -2.42. The van der Waals surface area contributed by atoms with Crippen molar-refractivity contribution in [3.8, 4) is 0 Å². The second-order valence-corrected chi connectivity index (χ2v) is 14.9. The van der Waals surface area contributed by atoms with E-state index in [0.29, 0.717) is 0 Å². The first-order valence-corrected chi connectivity index (χ1v) is 14.6. The van der Waals surface area contributed by atoms with Crippen LogP contribution in [-0.4, -0.2) is 39.7 Å². The molecule has 0 heterocycles. The first-order chi connectivity index (χ1) is 11.9. The molecule has 0 atom stereocenters. The van der Waals surface area contributed by atoms with E-state index in [-0.39, 0.29) is 0 Å². The average molecular weight is 371 g/mol. The van der Waals surface area contributed by atoms with E-state index < -0.39 is 8.07 Å². The number of nitrogens with zero attached hydrogens (tertiary/aromatic N) is 1. The number of rotatable bonds is 18. The lowest BCUT2D eigenvalue weighted by molar-refractivity contribution is -0.890. The highest BCUT2D eigenvalue weighted by atomic mass is 28.3. The molecule has 0 aromatic carbocycles. The summed E-state index contributed by atoms with van der Waals surface area (Å²) in [5, 5.41) is 0. The molecule has 0 aromatic rings. The Kier molecular flexibility index (Phi) is 15.4. The molecule has 152 valence electrons. The second-order valence-electron chi connectivity index (χ2n) is 9.23. The minimum absolute atomic E-state index is 0.893. The molecule has 0 bridgehead atoms.